The van der Waals surface area contributed by atoms with E-state index >= 15 is 0 Å². The first kappa shape index (κ1) is 7.14. The van der Waals surface area contributed by atoms with E-state index in [1.165, 1.54) is 5.57 Å². The molecule has 0 saturated heterocycles. The van der Waals surface area contributed by atoms with Crippen molar-refractivity contribution in [3.63, 3.8) is 0 Å². The van der Waals surface area contributed by atoms with Crippen LogP contribution in [0, 0.1) is 23.8 Å². The Labute approximate surface area is 78.7 Å². The molecule has 0 aromatic rings. The smallest absolute Gasteiger partial charge is 0.00987 e. The van der Waals surface area contributed by atoms with E-state index in [9.17, 15) is 0 Å². The first-order chi connectivity index (χ1) is 6.45. The summed E-state index contributed by atoms with van der Waals surface area (Å²) in [5.74, 6) is 1.78. The summed E-state index contributed by atoms with van der Waals surface area (Å²) in [4.78, 5) is 0. The van der Waals surface area contributed by atoms with Crippen molar-refractivity contribution in [3.05, 3.63) is 60.3 Å². The second-order valence-electron chi connectivity index (χ2n) is 3.77. The molecule has 3 unspecified atom stereocenters. The molecule has 0 saturated carbocycles. The van der Waals surface area contributed by atoms with Crippen molar-refractivity contribution in [2.24, 2.45) is 17.8 Å². The number of hydrogen-bond donors (Lipinski definition) is 0. The highest BCUT2D eigenvalue weighted by Crippen LogP contribution is 2.39. The SMILES string of the molecule is [C]1=CC2C=CC=CC2C2C=CC=C12. The monoisotopic (exact) mass is 167 g/mol. The van der Waals surface area contributed by atoms with Gasteiger partial charge in [-0.3, -0.25) is 0 Å². The largest absolute Gasteiger partial charge is 0.0796 e. The van der Waals surface area contributed by atoms with Crippen LogP contribution >= 0.6 is 0 Å². The third-order valence-corrected chi connectivity index (χ3v) is 3.03. The fourth-order valence-corrected chi connectivity index (χ4v) is 2.33. The van der Waals surface area contributed by atoms with Crippen LogP contribution in [0.15, 0.2) is 54.2 Å². The molecule has 0 aliphatic heterocycles. The highest BCUT2D eigenvalue weighted by atomic mass is 14.3. The van der Waals surface area contributed by atoms with E-state index in [0.717, 1.165) is 0 Å². The Balaban J connectivity index is 2.05. The number of allylic oxidation sites excluding steroid dienone is 10. The van der Waals surface area contributed by atoms with Gasteiger partial charge >= 0.3 is 0 Å². The van der Waals surface area contributed by atoms with Crippen LogP contribution < -0.4 is 0 Å². The van der Waals surface area contributed by atoms with Crippen LogP contribution in [0.4, 0.5) is 0 Å². The van der Waals surface area contributed by atoms with Gasteiger partial charge in [0.05, 0.1) is 0 Å². The van der Waals surface area contributed by atoms with Crippen molar-refractivity contribution in [3.8, 4) is 0 Å². The molecule has 0 N–H and O–H groups in total. The molecule has 0 heterocycles. The van der Waals surface area contributed by atoms with Gasteiger partial charge < -0.3 is 0 Å². The quantitative estimate of drug-likeness (QED) is 0.520. The Morgan fingerprint density at radius 3 is 2.92 bits per heavy atom. The zero-order valence-electron chi connectivity index (χ0n) is 7.35. The van der Waals surface area contributed by atoms with Crippen LogP contribution in [0.3, 0.4) is 0 Å². The van der Waals surface area contributed by atoms with E-state index in [1.54, 1.807) is 0 Å². The molecule has 0 fully saturated rings. The molecule has 3 atom stereocenters. The van der Waals surface area contributed by atoms with Crippen LogP contribution in [0.2, 0.25) is 0 Å². The highest BCUT2D eigenvalue weighted by Gasteiger charge is 2.30. The normalized spacial score (nSPS) is 38.8. The third-order valence-electron chi connectivity index (χ3n) is 3.03. The maximum atomic E-state index is 3.37. The molecule has 13 heavy (non-hydrogen) atoms. The topological polar surface area (TPSA) is 0 Å². The fraction of sp³-hybridized carbons (Fsp3) is 0.231. The molecular formula is C13H11. The Hall–Kier alpha value is -1.30. The fourth-order valence-electron chi connectivity index (χ4n) is 2.33. The third kappa shape index (κ3) is 0.983. The Bertz CT molecular complexity index is 363. The first-order valence-corrected chi connectivity index (χ1v) is 4.78. The van der Waals surface area contributed by atoms with Gasteiger partial charge in [0.1, 0.15) is 0 Å². The number of hydrogen-bond acceptors (Lipinski definition) is 0. The van der Waals surface area contributed by atoms with E-state index in [0.29, 0.717) is 17.8 Å². The summed E-state index contributed by atoms with van der Waals surface area (Å²) in [6.07, 6.45) is 21.0. The average Bonchev–Trinajstić information content (AvgIpc) is 2.65. The maximum Gasteiger partial charge on any atom is 0.00987 e. The van der Waals surface area contributed by atoms with E-state index in [-0.39, 0.29) is 0 Å². The molecule has 0 spiro atoms. The summed E-state index contributed by atoms with van der Waals surface area (Å²) < 4.78 is 0. The van der Waals surface area contributed by atoms with Crippen molar-refractivity contribution < 1.29 is 0 Å². The second kappa shape index (κ2) is 2.59. The highest BCUT2D eigenvalue weighted by molar-refractivity contribution is 5.39. The Morgan fingerprint density at radius 1 is 1.00 bits per heavy atom. The van der Waals surface area contributed by atoms with Crippen LogP contribution in [-0.2, 0) is 0 Å². The van der Waals surface area contributed by atoms with Gasteiger partial charge in [0, 0.05) is 11.8 Å². The van der Waals surface area contributed by atoms with Gasteiger partial charge in [-0.25, -0.2) is 0 Å². The molecule has 3 aliphatic carbocycles. The summed E-state index contributed by atoms with van der Waals surface area (Å²) in [6.45, 7) is 0. The molecule has 0 nitrogen and oxygen atoms in total. The lowest BCUT2D eigenvalue weighted by molar-refractivity contribution is 0.453. The molecule has 1 radical (unpaired) electrons. The Morgan fingerprint density at radius 2 is 1.92 bits per heavy atom. The van der Waals surface area contributed by atoms with Crippen LogP contribution in [-0.4, -0.2) is 0 Å². The zero-order chi connectivity index (χ0) is 8.67. The lowest BCUT2D eigenvalue weighted by Gasteiger charge is -2.30. The Kier molecular flexibility index (Phi) is 1.42. The molecule has 0 amide bonds. The van der Waals surface area contributed by atoms with E-state index in [1.807, 2.05) is 0 Å². The molecule has 3 aliphatic rings. The van der Waals surface area contributed by atoms with Crippen molar-refractivity contribution >= 4 is 0 Å². The van der Waals surface area contributed by atoms with Gasteiger partial charge in [-0.15, -0.1) is 0 Å². The molecule has 3 rings (SSSR count). The molecule has 0 bridgehead atoms. The van der Waals surface area contributed by atoms with Crippen LogP contribution in [0.5, 0.6) is 0 Å². The number of fused-ring (bicyclic) bond motifs is 3. The summed E-state index contributed by atoms with van der Waals surface area (Å²) in [5, 5.41) is 0. The van der Waals surface area contributed by atoms with E-state index in [4.69, 9.17) is 0 Å². The predicted octanol–water partition coefficient (Wildman–Crippen LogP) is 2.83. The summed E-state index contributed by atoms with van der Waals surface area (Å²) in [7, 11) is 0. The van der Waals surface area contributed by atoms with E-state index in [2.05, 4.69) is 54.7 Å². The molecular weight excluding hydrogens is 156 g/mol. The maximum absolute atomic E-state index is 3.37. The summed E-state index contributed by atoms with van der Waals surface area (Å²) in [5.41, 5.74) is 1.35. The lowest BCUT2D eigenvalue weighted by Crippen LogP contribution is -2.23. The lowest BCUT2D eigenvalue weighted by atomic mass is 9.73. The van der Waals surface area contributed by atoms with Crippen molar-refractivity contribution in [2.75, 3.05) is 0 Å². The summed E-state index contributed by atoms with van der Waals surface area (Å²) >= 11 is 0. The molecule has 63 valence electrons. The first-order valence-electron chi connectivity index (χ1n) is 4.78. The molecule has 0 heteroatoms. The minimum Gasteiger partial charge on any atom is -0.0796 e. The van der Waals surface area contributed by atoms with Gasteiger partial charge in [-0.2, -0.15) is 0 Å². The minimum atomic E-state index is 0.565. The summed E-state index contributed by atoms with van der Waals surface area (Å²) in [6, 6.07) is 0. The van der Waals surface area contributed by atoms with Crippen molar-refractivity contribution in [1.29, 1.82) is 0 Å². The standard InChI is InChI=1S/C13H11/c1-2-6-12-10(4-1)8-9-11-5-3-7-13(11)12/h1-8,10,12-13H. The van der Waals surface area contributed by atoms with E-state index < -0.39 is 0 Å². The van der Waals surface area contributed by atoms with Crippen LogP contribution in [0.25, 0.3) is 0 Å². The second-order valence-corrected chi connectivity index (χ2v) is 3.77. The van der Waals surface area contributed by atoms with Gasteiger partial charge in [-0.1, -0.05) is 48.6 Å². The number of rotatable bonds is 0. The van der Waals surface area contributed by atoms with Crippen molar-refractivity contribution in [1.82, 2.24) is 0 Å². The zero-order valence-corrected chi connectivity index (χ0v) is 7.35. The van der Waals surface area contributed by atoms with Gasteiger partial charge in [0.15, 0.2) is 0 Å². The van der Waals surface area contributed by atoms with Crippen LogP contribution in [0.1, 0.15) is 0 Å². The van der Waals surface area contributed by atoms with Crippen molar-refractivity contribution in [2.45, 2.75) is 0 Å². The predicted molar refractivity (Wildman–Crippen MR) is 53.8 cm³/mol. The minimum absolute atomic E-state index is 0.565. The van der Waals surface area contributed by atoms with Gasteiger partial charge in [-0.05, 0) is 17.6 Å². The molecule has 0 aromatic carbocycles. The van der Waals surface area contributed by atoms with Gasteiger partial charge in [0.2, 0.25) is 0 Å². The van der Waals surface area contributed by atoms with Gasteiger partial charge in [0.25, 0.3) is 0 Å². The average molecular weight is 167 g/mol. The molecule has 0 aromatic heterocycles.